The number of hydrogen-bond acceptors (Lipinski definition) is 5. The lowest BCUT2D eigenvalue weighted by Gasteiger charge is -2.12. The highest BCUT2D eigenvalue weighted by Crippen LogP contribution is 2.29. The Morgan fingerprint density at radius 2 is 2.13 bits per heavy atom. The van der Waals surface area contributed by atoms with Gasteiger partial charge in [0, 0.05) is 41.5 Å². The van der Waals surface area contributed by atoms with Crippen LogP contribution in [0.25, 0.3) is 11.7 Å². The third-order valence-corrected chi connectivity index (χ3v) is 5.26. The Balaban J connectivity index is 1.49. The van der Waals surface area contributed by atoms with Crippen LogP contribution in [0.15, 0.2) is 48.3 Å². The largest absolute Gasteiger partial charge is 0.367 e. The zero-order valence-electron chi connectivity index (χ0n) is 16.6. The van der Waals surface area contributed by atoms with Gasteiger partial charge in [-0.2, -0.15) is 9.61 Å². The summed E-state index contributed by atoms with van der Waals surface area (Å²) in [5.41, 5.74) is 3.02. The summed E-state index contributed by atoms with van der Waals surface area (Å²) < 4.78 is 28.9. The van der Waals surface area contributed by atoms with Crippen LogP contribution in [0.3, 0.4) is 0 Å². The number of benzene rings is 1. The van der Waals surface area contributed by atoms with Gasteiger partial charge in [0.25, 0.3) is 0 Å². The van der Waals surface area contributed by atoms with Crippen LogP contribution in [0.2, 0.25) is 0 Å². The van der Waals surface area contributed by atoms with Gasteiger partial charge in [0.1, 0.15) is 23.3 Å². The van der Waals surface area contributed by atoms with Gasteiger partial charge in [0.2, 0.25) is 5.91 Å². The first-order valence-corrected chi connectivity index (χ1v) is 9.99. The predicted molar refractivity (Wildman–Crippen MR) is 113 cm³/mol. The van der Waals surface area contributed by atoms with E-state index in [0.717, 1.165) is 35.9 Å². The van der Waals surface area contributed by atoms with E-state index in [1.807, 2.05) is 12.1 Å². The summed E-state index contributed by atoms with van der Waals surface area (Å²) in [6.07, 6.45) is 5.95. The van der Waals surface area contributed by atoms with Crippen LogP contribution in [0.4, 0.5) is 20.4 Å². The van der Waals surface area contributed by atoms with Gasteiger partial charge in [-0.15, -0.1) is 0 Å². The van der Waals surface area contributed by atoms with Crippen molar-refractivity contribution in [1.29, 1.82) is 0 Å². The first-order valence-electron chi connectivity index (χ1n) is 9.99. The normalized spacial score (nSPS) is 17.4. The predicted octanol–water partition coefficient (Wildman–Crippen LogP) is 3.61. The summed E-state index contributed by atoms with van der Waals surface area (Å²) >= 11 is 0. The summed E-state index contributed by atoms with van der Waals surface area (Å²) in [5, 5.41) is 13.7. The molecule has 0 spiro atoms. The molecule has 1 amide bonds. The molecule has 0 atom stereocenters. The van der Waals surface area contributed by atoms with Crippen molar-refractivity contribution in [3.63, 3.8) is 0 Å². The monoisotopic (exact) mass is 422 g/mol. The van der Waals surface area contributed by atoms with Crippen molar-refractivity contribution in [1.82, 2.24) is 19.9 Å². The fourth-order valence-electron chi connectivity index (χ4n) is 3.46. The molecule has 5 rings (SSSR count). The summed E-state index contributed by atoms with van der Waals surface area (Å²) in [5.74, 6) is -0.0372. The Hall–Kier alpha value is -3.75. The van der Waals surface area contributed by atoms with Crippen molar-refractivity contribution < 1.29 is 13.6 Å². The quantitative estimate of drug-likeness (QED) is 0.565. The molecule has 31 heavy (non-hydrogen) atoms. The molecular weight excluding hydrogens is 402 g/mol. The van der Waals surface area contributed by atoms with E-state index in [-0.39, 0.29) is 18.9 Å². The van der Waals surface area contributed by atoms with E-state index in [4.69, 9.17) is 0 Å². The SMILES string of the molecule is C=C1NC(=O)C/C1=C\c1cnn2c(NC3CC3)cc(NCc3ccc(F)cc3F)nc12. The smallest absolute Gasteiger partial charge is 0.228 e. The van der Waals surface area contributed by atoms with Crippen LogP contribution in [0.5, 0.6) is 0 Å². The number of nitrogens with zero attached hydrogens (tertiary/aromatic N) is 3. The second kappa shape index (κ2) is 7.50. The molecule has 1 aromatic carbocycles. The number of allylic oxidation sites excluding steroid dienone is 1. The Bertz CT molecular complexity index is 1240. The number of rotatable bonds is 6. The number of amides is 1. The number of carbonyl (C=O) groups is 1. The molecule has 1 saturated heterocycles. The van der Waals surface area contributed by atoms with Gasteiger partial charge < -0.3 is 16.0 Å². The van der Waals surface area contributed by atoms with Crippen molar-refractivity contribution in [2.75, 3.05) is 10.6 Å². The maximum absolute atomic E-state index is 14.0. The number of nitrogens with one attached hydrogen (secondary N) is 3. The zero-order chi connectivity index (χ0) is 21.5. The Kier molecular flexibility index (Phi) is 4.65. The fourth-order valence-corrected chi connectivity index (χ4v) is 3.46. The number of hydrogen-bond donors (Lipinski definition) is 3. The van der Waals surface area contributed by atoms with E-state index in [2.05, 4.69) is 32.6 Å². The molecule has 3 N–H and O–H groups in total. The average Bonchev–Trinajstić information content (AvgIpc) is 3.36. The summed E-state index contributed by atoms with van der Waals surface area (Å²) in [7, 11) is 0. The Labute approximate surface area is 176 Å². The first kappa shape index (κ1) is 19.2. The van der Waals surface area contributed by atoms with Crippen molar-refractivity contribution in [2.24, 2.45) is 0 Å². The van der Waals surface area contributed by atoms with Crippen LogP contribution >= 0.6 is 0 Å². The zero-order valence-corrected chi connectivity index (χ0v) is 16.6. The maximum atomic E-state index is 14.0. The second-order valence-corrected chi connectivity index (χ2v) is 7.74. The van der Waals surface area contributed by atoms with E-state index in [0.29, 0.717) is 28.8 Å². The Morgan fingerprint density at radius 3 is 2.84 bits per heavy atom. The van der Waals surface area contributed by atoms with E-state index in [1.54, 1.807) is 10.7 Å². The van der Waals surface area contributed by atoms with Crippen LogP contribution in [-0.2, 0) is 11.3 Å². The first-order chi connectivity index (χ1) is 15.0. The number of carbonyl (C=O) groups excluding carboxylic acids is 1. The fraction of sp³-hybridized carbons (Fsp3) is 0.227. The minimum atomic E-state index is -0.616. The molecule has 158 valence electrons. The molecule has 2 fully saturated rings. The van der Waals surface area contributed by atoms with Gasteiger partial charge in [-0.25, -0.2) is 13.8 Å². The molecular formula is C22H20F2N6O. The van der Waals surface area contributed by atoms with E-state index < -0.39 is 11.6 Å². The molecule has 7 nitrogen and oxygen atoms in total. The molecule has 1 aliphatic carbocycles. The Morgan fingerprint density at radius 1 is 1.29 bits per heavy atom. The molecule has 2 aliphatic rings. The lowest BCUT2D eigenvalue weighted by molar-refractivity contribution is -0.118. The van der Waals surface area contributed by atoms with Crippen LogP contribution in [0, 0.1) is 11.6 Å². The van der Waals surface area contributed by atoms with E-state index >= 15 is 0 Å². The van der Waals surface area contributed by atoms with Gasteiger partial charge in [0.05, 0.1) is 12.6 Å². The van der Waals surface area contributed by atoms with Gasteiger partial charge in [-0.1, -0.05) is 12.6 Å². The lowest BCUT2D eigenvalue weighted by atomic mass is 10.1. The highest BCUT2D eigenvalue weighted by atomic mass is 19.1. The van der Waals surface area contributed by atoms with Crippen LogP contribution in [-0.4, -0.2) is 26.5 Å². The summed E-state index contributed by atoms with van der Waals surface area (Å²) in [4.78, 5) is 16.3. The molecule has 9 heteroatoms. The van der Waals surface area contributed by atoms with E-state index in [9.17, 15) is 13.6 Å². The van der Waals surface area contributed by atoms with Crippen LogP contribution in [0.1, 0.15) is 30.4 Å². The summed E-state index contributed by atoms with van der Waals surface area (Å²) in [6.45, 7) is 4.02. The van der Waals surface area contributed by atoms with Gasteiger partial charge >= 0.3 is 0 Å². The third kappa shape index (κ3) is 3.98. The minimum Gasteiger partial charge on any atom is -0.367 e. The van der Waals surface area contributed by atoms with Gasteiger partial charge in [-0.05, 0) is 30.6 Å². The highest BCUT2D eigenvalue weighted by molar-refractivity contribution is 5.89. The molecule has 1 aliphatic heterocycles. The van der Waals surface area contributed by atoms with E-state index in [1.165, 1.54) is 12.1 Å². The number of aromatic nitrogens is 3. The minimum absolute atomic E-state index is 0.0968. The lowest BCUT2D eigenvalue weighted by Crippen LogP contribution is -2.10. The molecule has 3 aromatic rings. The standard InChI is InChI=1S/C22H20F2N6O/c1-12-14(7-21(31)27-12)6-15-11-26-30-20(28-17-4-5-17)9-19(29-22(15)30)25-10-13-2-3-16(23)8-18(13)24/h2-3,6,8-9,11,17,28H,1,4-5,7,10H2,(H,25,29)(H,27,31)/b14-6+. The molecule has 2 aromatic heterocycles. The van der Waals surface area contributed by atoms with Crippen molar-refractivity contribution >= 4 is 29.3 Å². The molecule has 0 unspecified atom stereocenters. The summed E-state index contributed by atoms with van der Waals surface area (Å²) in [6, 6.07) is 5.69. The van der Waals surface area contributed by atoms with Gasteiger partial charge in [0.15, 0.2) is 5.65 Å². The third-order valence-electron chi connectivity index (χ3n) is 5.26. The topological polar surface area (TPSA) is 83.4 Å². The van der Waals surface area contributed by atoms with Crippen molar-refractivity contribution in [2.45, 2.75) is 31.8 Å². The van der Waals surface area contributed by atoms with Crippen LogP contribution < -0.4 is 16.0 Å². The highest BCUT2D eigenvalue weighted by Gasteiger charge is 2.24. The number of anilines is 2. The second-order valence-electron chi connectivity index (χ2n) is 7.74. The molecule has 1 saturated carbocycles. The average molecular weight is 422 g/mol. The number of fused-ring (bicyclic) bond motifs is 1. The van der Waals surface area contributed by atoms with Crippen molar-refractivity contribution in [3.05, 3.63) is 71.1 Å². The van der Waals surface area contributed by atoms with Gasteiger partial charge in [-0.3, -0.25) is 4.79 Å². The molecule has 0 radical (unpaired) electrons. The molecule has 0 bridgehead atoms. The number of halogens is 2. The molecule has 3 heterocycles. The van der Waals surface area contributed by atoms with Crippen molar-refractivity contribution in [3.8, 4) is 0 Å². The maximum Gasteiger partial charge on any atom is 0.228 e.